The van der Waals surface area contributed by atoms with Crippen molar-refractivity contribution in [3.8, 4) is 23.4 Å². The predicted molar refractivity (Wildman–Crippen MR) is 108 cm³/mol. The standard InChI is InChI=1S/C21H21F3N2O3S/c1-14(19(27)20(2,13-25)10-11-30-3)28-16-5-7-17(8-6-16)29-18-9-4-15(12-26-18)21(22,23)24/h4-9,12,14H,10-11H2,1-3H3. The quantitative estimate of drug-likeness (QED) is 0.514. The Balaban J connectivity index is 2.00. The van der Waals surface area contributed by atoms with Gasteiger partial charge in [0.15, 0.2) is 11.9 Å². The Morgan fingerprint density at radius 1 is 1.20 bits per heavy atom. The van der Waals surface area contributed by atoms with Crippen molar-refractivity contribution in [1.29, 1.82) is 5.26 Å². The second kappa shape index (κ2) is 9.85. The number of alkyl halides is 3. The van der Waals surface area contributed by atoms with Crippen LogP contribution in [0.2, 0.25) is 0 Å². The maximum absolute atomic E-state index is 12.6. The van der Waals surface area contributed by atoms with Crippen LogP contribution in [0.3, 0.4) is 0 Å². The molecule has 9 heteroatoms. The Hall–Kier alpha value is -2.73. The van der Waals surface area contributed by atoms with E-state index >= 15 is 0 Å². The van der Waals surface area contributed by atoms with Crippen molar-refractivity contribution in [2.45, 2.75) is 32.5 Å². The zero-order valence-corrected chi connectivity index (χ0v) is 17.5. The maximum atomic E-state index is 12.6. The van der Waals surface area contributed by atoms with Crippen LogP contribution >= 0.6 is 11.8 Å². The van der Waals surface area contributed by atoms with E-state index in [-0.39, 0.29) is 11.7 Å². The number of halogens is 3. The number of carbonyl (C=O) groups excluding carboxylic acids is 1. The molecule has 0 amide bonds. The zero-order valence-electron chi connectivity index (χ0n) is 16.7. The fourth-order valence-electron chi connectivity index (χ4n) is 2.56. The molecule has 30 heavy (non-hydrogen) atoms. The number of carbonyl (C=O) groups is 1. The van der Waals surface area contributed by atoms with E-state index in [1.165, 1.54) is 0 Å². The van der Waals surface area contributed by atoms with Crippen LogP contribution in [-0.2, 0) is 11.0 Å². The summed E-state index contributed by atoms with van der Waals surface area (Å²) < 4.78 is 48.8. The number of nitrogens with zero attached hydrogens (tertiary/aromatic N) is 2. The van der Waals surface area contributed by atoms with E-state index in [1.54, 1.807) is 49.9 Å². The highest BCUT2D eigenvalue weighted by Gasteiger charge is 2.37. The third-order valence-electron chi connectivity index (χ3n) is 4.39. The van der Waals surface area contributed by atoms with Gasteiger partial charge < -0.3 is 9.47 Å². The van der Waals surface area contributed by atoms with Crippen molar-refractivity contribution in [3.63, 3.8) is 0 Å². The first-order valence-corrected chi connectivity index (χ1v) is 10.4. The number of hydrogen-bond donors (Lipinski definition) is 0. The van der Waals surface area contributed by atoms with Crippen molar-refractivity contribution in [2.75, 3.05) is 12.0 Å². The van der Waals surface area contributed by atoms with Gasteiger partial charge >= 0.3 is 6.18 Å². The van der Waals surface area contributed by atoms with E-state index in [4.69, 9.17) is 9.47 Å². The summed E-state index contributed by atoms with van der Waals surface area (Å²) in [4.78, 5) is 16.3. The molecule has 0 saturated heterocycles. The van der Waals surface area contributed by atoms with Crippen LogP contribution in [0.15, 0.2) is 42.6 Å². The SMILES string of the molecule is CSCCC(C)(C#N)C(=O)C(C)Oc1ccc(Oc2ccc(C(F)(F)F)cn2)cc1. The van der Waals surface area contributed by atoms with Gasteiger partial charge in [0.05, 0.1) is 11.6 Å². The predicted octanol–water partition coefficient (Wildman–Crippen LogP) is 5.51. The van der Waals surface area contributed by atoms with Crippen LogP contribution in [0.1, 0.15) is 25.8 Å². The van der Waals surface area contributed by atoms with Crippen LogP contribution in [0.4, 0.5) is 13.2 Å². The molecular weight excluding hydrogens is 417 g/mol. The number of thioether (sulfide) groups is 1. The van der Waals surface area contributed by atoms with E-state index in [0.717, 1.165) is 12.1 Å². The van der Waals surface area contributed by atoms with Crippen LogP contribution in [0.5, 0.6) is 17.4 Å². The molecule has 0 bridgehead atoms. The lowest BCUT2D eigenvalue weighted by Crippen LogP contribution is -2.37. The number of ketones is 1. The molecule has 0 saturated carbocycles. The Morgan fingerprint density at radius 3 is 2.33 bits per heavy atom. The minimum atomic E-state index is -4.46. The van der Waals surface area contributed by atoms with Gasteiger partial charge in [0.1, 0.15) is 16.9 Å². The highest BCUT2D eigenvalue weighted by atomic mass is 32.2. The molecule has 5 nitrogen and oxygen atoms in total. The number of rotatable bonds is 9. The average Bonchev–Trinajstić information content (AvgIpc) is 2.72. The second-order valence-electron chi connectivity index (χ2n) is 6.77. The molecule has 0 aliphatic carbocycles. The van der Waals surface area contributed by atoms with E-state index < -0.39 is 23.3 Å². The lowest BCUT2D eigenvalue weighted by Gasteiger charge is -2.24. The lowest BCUT2D eigenvalue weighted by molar-refractivity contribution is -0.137. The molecule has 2 unspecified atom stereocenters. The molecule has 2 rings (SSSR count). The molecule has 1 aromatic carbocycles. The molecule has 0 aliphatic heterocycles. The topological polar surface area (TPSA) is 72.2 Å². The van der Waals surface area contributed by atoms with Gasteiger partial charge in [-0.25, -0.2) is 4.98 Å². The third-order valence-corrected chi connectivity index (χ3v) is 5.00. The molecule has 160 valence electrons. The van der Waals surface area contributed by atoms with Gasteiger partial charge in [-0.1, -0.05) is 0 Å². The zero-order chi connectivity index (χ0) is 22.4. The number of hydrogen-bond acceptors (Lipinski definition) is 6. The van der Waals surface area contributed by atoms with E-state index in [1.807, 2.05) is 6.26 Å². The first kappa shape index (κ1) is 23.5. The summed E-state index contributed by atoms with van der Waals surface area (Å²) in [6.07, 6.45) is -2.24. The van der Waals surface area contributed by atoms with Crippen molar-refractivity contribution in [3.05, 3.63) is 48.2 Å². The molecule has 0 aliphatic rings. The van der Waals surface area contributed by atoms with Gasteiger partial charge in [0.25, 0.3) is 0 Å². The molecule has 1 aromatic heterocycles. The highest BCUT2D eigenvalue weighted by molar-refractivity contribution is 7.98. The van der Waals surface area contributed by atoms with Crippen LogP contribution < -0.4 is 9.47 Å². The molecule has 2 aromatic rings. The molecular formula is C21H21F3N2O3S. The largest absolute Gasteiger partial charge is 0.483 e. The molecule has 0 radical (unpaired) electrons. The van der Waals surface area contributed by atoms with Crippen LogP contribution in [0, 0.1) is 16.7 Å². The number of Topliss-reactive ketones (excluding diaryl/α,β-unsaturated/α-hetero) is 1. The fourth-order valence-corrected chi connectivity index (χ4v) is 3.17. The first-order valence-electron chi connectivity index (χ1n) is 9.01. The molecule has 0 N–H and O–H groups in total. The fraction of sp³-hybridized carbons (Fsp3) is 0.381. The summed E-state index contributed by atoms with van der Waals surface area (Å²) in [6, 6.07) is 10.3. The summed E-state index contributed by atoms with van der Waals surface area (Å²) in [5.74, 6) is 1.14. The van der Waals surface area contributed by atoms with Gasteiger partial charge in [-0.3, -0.25) is 4.79 Å². The van der Waals surface area contributed by atoms with E-state index in [0.29, 0.717) is 29.9 Å². The van der Waals surface area contributed by atoms with Crippen LogP contribution in [0.25, 0.3) is 0 Å². The van der Waals surface area contributed by atoms with Crippen molar-refractivity contribution in [2.24, 2.45) is 5.41 Å². The van der Waals surface area contributed by atoms with Crippen molar-refractivity contribution < 1.29 is 27.4 Å². The Labute approximate surface area is 177 Å². The molecule has 1 heterocycles. The summed E-state index contributed by atoms with van der Waals surface area (Å²) in [6.45, 7) is 3.20. The number of aromatic nitrogens is 1. The van der Waals surface area contributed by atoms with E-state index in [9.17, 15) is 23.2 Å². The minimum Gasteiger partial charge on any atom is -0.483 e. The molecule has 2 atom stereocenters. The maximum Gasteiger partial charge on any atom is 0.417 e. The monoisotopic (exact) mass is 438 g/mol. The van der Waals surface area contributed by atoms with Crippen molar-refractivity contribution >= 4 is 17.5 Å². The summed E-state index contributed by atoms with van der Waals surface area (Å²) in [5, 5.41) is 9.42. The van der Waals surface area contributed by atoms with Gasteiger partial charge in [0, 0.05) is 12.3 Å². The van der Waals surface area contributed by atoms with Gasteiger partial charge in [0.2, 0.25) is 5.88 Å². The minimum absolute atomic E-state index is 0.0128. The number of benzene rings is 1. The summed E-state index contributed by atoms with van der Waals surface area (Å²) in [5.41, 5.74) is -1.99. The Kier molecular flexibility index (Phi) is 7.73. The van der Waals surface area contributed by atoms with Crippen LogP contribution in [-0.4, -0.2) is 28.9 Å². The van der Waals surface area contributed by atoms with E-state index in [2.05, 4.69) is 11.1 Å². The Morgan fingerprint density at radius 2 is 1.83 bits per heavy atom. The number of ether oxygens (including phenoxy) is 2. The van der Waals surface area contributed by atoms with Gasteiger partial charge in [-0.2, -0.15) is 30.2 Å². The third kappa shape index (κ3) is 6.13. The number of nitriles is 1. The summed E-state index contributed by atoms with van der Waals surface area (Å²) >= 11 is 1.56. The molecule has 0 fully saturated rings. The normalized spacial score (nSPS) is 14.3. The average molecular weight is 438 g/mol. The molecule has 0 spiro atoms. The van der Waals surface area contributed by atoms with Gasteiger partial charge in [-0.15, -0.1) is 0 Å². The van der Waals surface area contributed by atoms with Crippen molar-refractivity contribution in [1.82, 2.24) is 4.98 Å². The second-order valence-corrected chi connectivity index (χ2v) is 7.75. The summed E-state index contributed by atoms with van der Waals surface area (Å²) in [7, 11) is 0. The first-order chi connectivity index (χ1) is 14.1. The Bertz CT molecular complexity index is 896. The number of pyridine rings is 1. The lowest BCUT2D eigenvalue weighted by atomic mass is 9.82. The highest BCUT2D eigenvalue weighted by Crippen LogP contribution is 2.31. The smallest absolute Gasteiger partial charge is 0.417 e. The van der Waals surface area contributed by atoms with Gasteiger partial charge in [-0.05, 0) is 62.6 Å².